The highest BCUT2D eigenvalue weighted by atomic mass is 16.6. The number of carbonyl (C=O) groups excluding carboxylic acids is 1. The second kappa shape index (κ2) is 7.82. The molecule has 0 aromatic rings. The first-order chi connectivity index (χ1) is 5.83. The van der Waals surface area contributed by atoms with Gasteiger partial charge in [-0.15, -0.1) is 0 Å². The Balaban J connectivity index is 0. The van der Waals surface area contributed by atoms with Crippen LogP contribution in [0.2, 0.25) is 0 Å². The van der Waals surface area contributed by atoms with E-state index < -0.39 is 6.16 Å². The molecule has 0 saturated heterocycles. The SMILES string of the molecule is CCOC[N+](C)(C)C.COC(=O)[O-]. The zero-order chi connectivity index (χ0) is 10.9. The summed E-state index contributed by atoms with van der Waals surface area (Å²) < 4.78 is 9.61. The molecule has 0 bridgehead atoms. The highest BCUT2D eigenvalue weighted by molar-refractivity contribution is 5.53. The van der Waals surface area contributed by atoms with Crippen molar-refractivity contribution < 1.29 is 23.9 Å². The molecule has 0 unspecified atom stereocenters. The van der Waals surface area contributed by atoms with Crippen molar-refractivity contribution in [1.82, 2.24) is 0 Å². The molecule has 0 aliphatic heterocycles. The van der Waals surface area contributed by atoms with Gasteiger partial charge in [0.05, 0.1) is 21.1 Å². The zero-order valence-corrected chi connectivity index (χ0v) is 8.99. The van der Waals surface area contributed by atoms with Gasteiger partial charge in [-0.1, -0.05) is 0 Å². The van der Waals surface area contributed by atoms with E-state index in [0.717, 1.165) is 24.9 Å². The Kier molecular flexibility index (Phi) is 8.84. The first-order valence-corrected chi connectivity index (χ1v) is 3.96. The molecule has 13 heavy (non-hydrogen) atoms. The molecule has 0 atom stereocenters. The fraction of sp³-hybridized carbons (Fsp3) is 0.875. The van der Waals surface area contributed by atoms with Crippen LogP contribution in [-0.2, 0) is 9.47 Å². The third-order valence-corrected chi connectivity index (χ3v) is 0.849. The van der Waals surface area contributed by atoms with Crippen molar-refractivity contribution in [2.24, 2.45) is 0 Å². The third kappa shape index (κ3) is 24.7. The lowest BCUT2D eigenvalue weighted by molar-refractivity contribution is -0.890. The fourth-order valence-corrected chi connectivity index (χ4v) is 0.365. The van der Waals surface area contributed by atoms with Crippen LogP contribution in [0.1, 0.15) is 6.92 Å². The van der Waals surface area contributed by atoms with E-state index in [1.807, 2.05) is 6.92 Å². The van der Waals surface area contributed by atoms with Crippen molar-refractivity contribution in [3.05, 3.63) is 0 Å². The lowest BCUT2D eigenvalue weighted by Gasteiger charge is -2.22. The first-order valence-electron chi connectivity index (χ1n) is 3.96. The van der Waals surface area contributed by atoms with Crippen molar-refractivity contribution >= 4 is 6.16 Å². The van der Waals surface area contributed by atoms with Crippen LogP contribution in [-0.4, -0.2) is 52.2 Å². The van der Waals surface area contributed by atoms with Crippen molar-refractivity contribution in [2.75, 3.05) is 41.6 Å². The normalized spacial score (nSPS) is 9.92. The summed E-state index contributed by atoms with van der Waals surface area (Å²) >= 11 is 0. The Bertz CT molecular complexity index is 131. The van der Waals surface area contributed by atoms with Crippen molar-refractivity contribution in [2.45, 2.75) is 6.92 Å². The van der Waals surface area contributed by atoms with Crippen molar-refractivity contribution in [1.29, 1.82) is 0 Å². The fourth-order valence-electron chi connectivity index (χ4n) is 0.365. The monoisotopic (exact) mass is 193 g/mol. The number of carbonyl (C=O) groups is 1. The van der Waals surface area contributed by atoms with E-state index in [9.17, 15) is 0 Å². The van der Waals surface area contributed by atoms with Crippen molar-refractivity contribution in [3.8, 4) is 0 Å². The van der Waals surface area contributed by atoms with Gasteiger partial charge < -0.3 is 23.9 Å². The number of hydrogen-bond donors (Lipinski definition) is 0. The number of methoxy groups -OCH3 is 1. The number of rotatable bonds is 3. The topological polar surface area (TPSA) is 58.6 Å². The van der Waals surface area contributed by atoms with Gasteiger partial charge in [0.1, 0.15) is 0 Å². The minimum atomic E-state index is -1.50. The summed E-state index contributed by atoms with van der Waals surface area (Å²) in [6.07, 6.45) is -1.50. The van der Waals surface area contributed by atoms with E-state index in [1.165, 1.54) is 0 Å². The Labute approximate surface area is 79.5 Å². The maximum Gasteiger partial charge on any atom is 0.251 e. The second-order valence-electron chi connectivity index (χ2n) is 3.37. The molecular weight excluding hydrogens is 174 g/mol. The van der Waals surface area contributed by atoms with Crippen LogP contribution in [0.4, 0.5) is 4.79 Å². The summed E-state index contributed by atoms with van der Waals surface area (Å²) in [5.74, 6) is 0. The Morgan fingerprint density at radius 1 is 1.38 bits per heavy atom. The molecule has 80 valence electrons. The predicted molar refractivity (Wildman–Crippen MR) is 46.9 cm³/mol. The molecule has 5 heteroatoms. The van der Waals surface area contributed by atoms with Crippen LogP contribution in [0.15, 0.2) is 0 Å². The second-order valence-corrected chi connectivity index (χ2v) is 3.37. The van der Waals surface area contributed by atoms with E-state index >= 15 is 0 Å². The molecule has 0 fully saturated rings. The van der Waals surface area contributed by atoms with Crippen molar-refractivity contribution in [3.63, 3.8) is 0 Å². The minimum Gasteiger partial charge on any atom is -0.553 e. The Hall–Kier alpha value is -0.810. The molecule has 0 radical (unpaired) electrons. The molecule has 0 aliphatic rings. The van der Waals surface area contributed by atoms with Crippen LogP contribution in [0.3, 0.4) is 0 Å². The molecule has 0 aromatic carbocycles. The Morgan fingerprint density at radius 2 is 1.77 bits per heavy atom. The summed E-state index contributed by atoms with van der Waals surface area (Å²) in [5, 5.41) is 9.03. The van der Waals surface area contributed by atoms with Gasteiger partial charge in [0.15, 0.2) is 6.73 Å². The largest absolute Gasteiger partial charge is 0.553 e. The lowest BCUT2D eigenvalue weighted by Crippen LogP contribution is -2.36. The van der Waals surface area contributed by atoms with Crippen LogP contribution in [0.5, 0.6) is 0 Å². The quantitative estimate of drug-likeness (QED) is 0.349. The smallest absolute Gasteiger partial charge is 0.251 e. The average Bonchev–Trinajstić information content (AvgIpc) is 2.00. The summed E-state index contributed by atoms with van der Waals surface area (Å²) in [5.41, 5.74) is 0. The van der Waals surface area contributed by atoms with E-state index in [2.05, 4.69) is 25.9 Å². The number of hydrogen-bond acceptors (Lipinski definition) is 4. The van der Waals surface area contributed by atoms with E-state index in [0.29, 0.717) is 0 Å². The number of carboxylic acid groups (broad SMARTS) is 1. The number of quaternary nitrogens is 1. The van der Waals surface area contributed by atoms with Crippen LogP contribution in [0, 0.1) is 0 Å². The first kappa shape index (κ1) is 14.7. The van der Waals surface area contributed by atoms with Gasteiger partial charge in [0.2, 0.25) is 0 Å². The summed E-state index contributed by atoms with van der Waals surface area (Å²) in [6.45, 7) is 3.63. The van der Waals surface area contributed by atoms with Crippen LogP contribution >= 0.6 is 0 Å². The number of ether oxygens (including phenoxy) is 2. The van der Waals surface area contributed by atoms with Gasteiger partial charge in [-0.25, -0.2) is 0 Å². The van der Waals surface area contributed by atoms with Gasteiger partial charge in [-0.3, -0.25) is 0 Å². The van der Waals surface area contributed by atoms with E-state index in [-0.39, 0.29) is 0 Å². The molecule has 0 spiro atoms. The van der Waals surface area contributed by atoms with Gasteiger partial charge in [-0.2, -0.15) is 0 Å². The molecule has 0 rings (SSSR count). The lowest BCUT2D eigenvalue weighted by atomic mass is 10.7. The van der Waals surface area contributed by atoms with Gasteiger partial charge in [-0.05, 0) is 6.92 Å². The zero-order valence-electron chi connectivity index (χ0n) is 8.99. The van der Waals surface area contributed by atoms with Gasteiger partial charge >= 0.3 is 0 Å². The standard InChI is InChI=1S/C6H16NO.C2H4O3/c1-5-8-6-7(2,3)4;1-5-2(3)4/h5-6H2,1-4H3;1H3,(H,3,4)/q+1;/p-1. The molecule has 5 nitrogen and oxygen atoms in total. The molecule has 0 heterocycles. The summed E-state index contributed by atoms with van der Waals surface area (Å²) in [7, 11) is 7.36. The molecule has 0 N–H and O–H groups in total. The molecule has 0 aliphatic carbocycles. The molecular formula is C8H19NO4. The van der Waals surface area contributed by atoms with Crippen LogP contribution < -0.4 is 5.11 Å². The molecule has 0 aromatic heterocycles. The van der Waals surface area contributed by atoms with E-state index in [1.54, 1.807) is 0 Å². The highest BCUT2D eigenvalue weighted by Crippen LogP contribution is 1.88. The van der Waals surface area contributed by atoms with Gasteiger partial charge in [0.25, 0.3) is 6.16 Å². The van der Waals surface area contributed by atoms with Crippen LogP contribution in [0.25, 0.3) is 0 Å². The summed E-state index contributed by atoms with van der Waals surface area (Å²) in [6, 6.07) is 0. The maximum absolute atomic E-state index is 9.03. The minimum absolute atomic E-state index is 0.802. The van der Waals surface area contributed by atoms with E-state index in [4.69, 9.17) is 14.6 Å². The summed E-state index contributed by atoms with van der Waals surface area (Å²) in [4.78, 5) is 9.03. The van der Waals surface area contributed by atoms with Gasteiger partial charge in [0, 0.05) is 13.7 Å². The molecule has 0 amide bonds. The maximum atomic E-state index is 9.03. The average molecular weight is 193 g/mol. The molecule has 0 saturated carbocycles. The predicted octanol–water partition coefficient (Wildman–Crippen LogP) is -0.337. The number of nitrogens with zero attached hydrogens (tertiary/aromatic N) is 1. The third-order valence-electron chi connectivity index (χ3n) is 0.849. The highest BCUT2D eigenvalue weighted by Gasteiger charge is 2.03. The Morgan fingerprint density at radius 3 is 1.85 bits per heavy atom.